The minimum atomic E-state index is 0.444. The summed E-state index contributed by atoms with van der Waals surface area (Å²) in [6.07, 6.45) is 2.54. The topological polar surface area (TPSA) is 29.9 Å². The zero-order valence-corrected chi connectivity index (χ0v) is 11.5. The number of nitrogens with zero attached hydrogens (tertiary/aromatic N) is 2. The van der Waals surface area contributed by atoms with E-state index in [2.05, 4.69) is 10.3 Å². The lowest BCUT2D eigenvalue weighted by Crippen LogP contribution is -2.33. The minimum absolute atomic E-state index is 0.444. The molecular formula is C10H15Cl2N3S. The van der Waals surface area contributed by atoms with Crippen LogP contribution in [-0.2, 0) is 13.6 Å². The van der Waals surface area contributed by atoms with Crippen molar-refractivity contribution in [2.75, 3.05) is 11.5 Å². The molecule has 0 amide bonds. The van der Waals surface area contributed by atoms with Gasteiger partial charge in [0, 0.05) is 25.4 Å². The quantitative estimate of drug-likeness (QED) is 0.923. The minimum Gasteiger partial charge on any atom is -0.319 e. The number of rotatable bonds is 3. The Morgan fingerprint density at radius 3 is 2.94 bits per heavy atom. The van der Waals surface area contributed by atoms with Crippen molar-refractivity contribution in [2.45, 2.75) is 25.4 Å². The molecule has 1 saturated heterocycles. The molecule has 1 aromatic rings. The molecule has 0 aromatic carbocycles. The van der Waals surface area contributed by atoms with Crippen LogP contribution in [0.4, 0.5) is 0 Å². The maximum Gasteiger partial charge on any atom is 0.204 e. The van der Waals surface area contributed by atoms with Crippen LogP contribution < -0.4 is 5.32 Å². The van der Waals surface area contributed by atoms with E-state index in [1.165, 1.54) is 24.3 Å². The van der Waals surface area contributed by atoms with Crippen molar-refractivity contribution >= 4 is 35.0 Å². The maximum atomic E-state index is 6.01. The smallest absolute Gasteiger partial charge is 0.204 e. The summed E-state index contributed by atoms with van der Waals surface area (Å²) in [5, 5.41) is 4.46. The second kappa shape index (κ2) is 5.63. The molecule has 1 aliphatic rings. The molecule has 0 spiro atoms. The van der Waals surface area contributed by atoms with Crippen LogP contribution in [0.2, 0.25) is 10.4 Å². The fourth-order valence-electron chi connectivity index (χ4n) is 1.80. The Hall–Kier alpha value is 0.1000. The summed E-state index contributed by atoms with van der Waals surface area (Å²) in [4.78, 5) is 4.02. The van der Waals surface area contributed by atoms with E-state index in [9.17, 15) is 0 Å². The van der Waals surface area contributed by atoms with E-state index in [1.807, 2.05) is 23.4 Å². The van der Waals surface area contributed by atoms with E-state index in [4.69, 9.17) is 23.2 Å². The molecule has 6 heteroatoms. The van der Waals surface area contributed by atoms with E-state index < -0.39 is 0 Å². The molecule has 90 valence electrons. The average molecular weight is 280 g/mol. The molecule has 1 aliphatic heterocycles. The summed E-state index contributed by atoms with van der Waals surface area (Å²) in [5.74, 6) is 2.47. The van der Waals surface area contributed by atoms with Gasteiger partial charge >= 0.3 is 0 Å². The summed E-state index contributed by atoms with van der Waals surface area (Å²) in [5.41, 5.74) is 0.960. The Kier molecular flexibility index (Phi) is 4.41. The number of halogens is 2. The van der Waals surface area contributed by atoms with Crippen LogP contribution in [0.5, 0.6) is 0 Å². The van der Waals surface area contributed by atoms with E-state index in [0.29, 0.717) is 16.5 Å². The third-order valence-corrected chi connectivity index (χ3v) is 4.68. The van der Waals surface area contributed by atoms with Crippen LogP contribution in [0, 0.1) is 0 Å². The molecule has 1 fully saturated rings. The first kappa shape index (κ1) is 12.6. The van der Waals surface area contributed by atoms with Gasteiger partial charge in [0.15, 0.2) is 5.15 Å². The normalized spacial score (nSPS) is 21.3. The molecule has 0 bridgehead atoms. The van der Waals surface area contributed by atoms with Crippen LogP contribution in [0.25, 0.3) is 0 Å². The second-order valence-electron chi connectivity index (χ2n) is 3.97. The van der Waals surface area contributed by atoms with Crippen molar-refractivity contribution in [1.82, 2.24) is 14.9 Å². The fraction of sp³-hybridized carbons (Fsp3) is 0.700. The molecule has 1 aromatic heterocycles. The average Bonchev–Trinajstić information content (AvgIpc) is 2.53. The Labute approximate surface area is 110 Å². The second-order valence-corrected chi connectivity index (χ2v) is 5.82. The highest BCUT2D eigenvalue weighted by atomic mass is 35.5. The van der Waals surface area contributed by atoms with E-state index >= 15 is 0 Å². The van der Waals surface area contributed by atoms with Gasteiger partial charge in [0.25, 0.3) is 0 Å². The summed E-state index contributed by atoms with van der Waals surface area (Å²) in [7, 11) is 1.88. The van der Waals surface area contributed by atoms with Gasteiger partial charge in [0.05, 0.1) is 5.69 Å². The van der Waals surface area contributed by atoms with Crippen LogP contribution >= 0.6 is 35.0 Å². The van der Waals surface area contributed by atoms with Crippen LogP contribution in [-0.4, -0.2) is 27.1 Å². The molecule has 16 heavy (non-hydrogen) atoms. The molecule has 1 unspecified atom stereocenters. The highest BCUT2D eigenvalue weighted by molar-refractivity contribution is 7.99. The third-order valence-electron chi connectivity index (χ3n) is 2.83. The third kappa shape index (κ3) is 2.86. The summed E-state index contributed by atoms with van der Waals surface area (Å²) in [6, 6.07) is 0.587. The first-order valence-electron chi connectivity index (χ1n) is 5.36. The Morgan fingerprint density at radius 2 is 2.38 bits per heavy atom. The van der Waals surface area contributed by atoms with Gasteiger partial charge in [-0.3, -0.25) is 0 Å². The number of hydrogen-bond acceptors (Lipinski definition) is 3. The van der Waals surface area contributed by atoms with E-state index in [1.54, 1.807) is 0 Å². The molecule has 1 N–H and O–H groups in total. The maximum absolute atomic E-state index is 6.01. The molecular weight excluding hydrogens is 265 g/mol. The van der Waals surface area contributed by atoms with Crippen molar-refractivity contribution in [2.24, 2.45) is 7.05 Å². The van der Waals surface area contributed by atoms with Gasteiger partial charge in [-0.25, -0.2) is 4.98 Å². The van der Waals surface area contributed by atoms with Crippen molar-refractivity contribution in [1.29, 1.82) is 0 Å². The molecule has 0 saturated carbocycles. The van der Waals surface area contributed by atoms with E-state index in [0.717, 1.165) is 12.2 Å². The van der Waals surface area contributed by atoms with Gasteiger partial charge < -0.3 is 9.88 Å². The zero-order chi connectivity index (χ0) is 11.5. The van der Waals surface area contributed by atoms with Crippen LogP contribution in [0.1, 0.15) is 18.5 Å². The largest absolute Gasteiger partial charge is 0.319 e. The number of thioether (sulfide) groups is 1. The van der Waals surface area contributed by atoms with Crippen LogP contribution in [0.3, 0.4) is 0 Å². The number of imidazole rings is 1. The highest BCUT2D eigenvalue weighted by Gasteiger charge is 2.16. The number of aromatic nitrogens is 2. The monoisotopic (exact) mass is 279 g/mol. The predicted octanol–water partition coefficient (Wildman–Crippen LogP) is 2.71. The fourth-order valence-corrected chi connectivity index (χ4v) is 3.41. The summed E-state index contributed by atoms with van der Waals surface area (Å²) < 4.78 is 1.83. The first-order chi connectivity index (χ1) is 7.68. The molecule has 0 radical (unpaired) electrons. The first-order valence-corrected chi connectivity index (χ1v) is 7.27. The Balaban J connectivity index is 1.93. The van der Waals surface area contributed by atoms with Gasteiger partial charge in [0.1, 0.15) is 0 Å². The highest BCUT2D eigenvalue weighted by Crippen LogP contribution is 2.21. The molecule has 2 heterocycles. The van der Waals surface area contributed by atoms with Crippen molar-refractivity contribution < 1.29 is 0 Å². The molecule has 2 rings (SSSR count). The predicted molar refractivity (Wildman–Crippen MR) is 70.4 cm³/mol. The van der Waals surface area contributed by atoms with Crippen molar-refractivity contribution in [3.8, 4) is 0 Å². The van der Waals surface area contributed by atoms with Gasteiger partial charge in [-0.2, -0.15) is 11.8 Å². The van der Waals surface area contributed by atoms with Gasteiger partial charge in [-0.15, -0.1) is 0 Å². The lowest BCUT2D eigenvalue weighted by molar-refractivity contribution is 0.499. The molecule has 1 atom stereocenters. The van der Waals surface area contributed by atoms with Gasteiger partial charge in [0.2, 0.25) is 5.28 Å². The van der Waals surface area contributed by atoms with Gasteiger partial charge in [-0.1, -0.05) is 11.6 Å². The number of nitrogens with one attached hydrogen (secondary N) is 1. The lowest BCUT2D eigenvalue weighted by atomic mass is 10.2. The van der Waals surface area contributed by atoms with Gasteiger partial charge in [-0.05, 0) is 30.2 Å². The van der Waals surface area contributed by atoms with E-state index in [-0.39, 0.29) is 0 Å². The molecule has 0 aliphatic carbocycles. The Morgan fingerprint density at radius 1 is 1.56 bits per heavy atom. The van der Waals surface area contributed by atoms with Crippen molar-refractivity contribution in [3.05, 3.63) is 16.1 Å². The number of hydrogen-bond donors (Lipinski definition) is 1. The summed E-state index contributed by atoms with van der Waals surface area (Å²) in [6.45, 7) is 0.736. The zero-order valence-electron chi connectivity index (χ0n) is 9.17. The molecule has 3 nitrogen and oxygen atoms in total. The lowest BCUT2D eigenvalue weighted by Gasteiger charge is -2.22. The Bertz CT molecular complexity index is 361. The van der Waals surface area contributed by atoms with Crippen molar-refractivity contribution in [3.63, 3.8) is 0 Å². The summed E-state index contributed by atoms with van der Waals surface area (Å²) >= 11 is 13.9. The standard InChI is InChI=1S/C10H15Cl2N3S/c1-15-8(9(11)14-10(15)12)5-13-7-3-2-4-16-6-7/h7,13H,2-6H2,1H3. The van der Waals surface area contributed by atoms with Crippen LogP contribution in [0.15, 0.2) is 0 Å². The SMILES string of the molecule is Cn1c(Cl)nc(Cl)c1CNC1CCCSC1.